The smallest absolute Gasteiger partial charge is 0.329 e. The van der Waals surface area contributed by atoms with E-state index in [1.54, 1.807) is 12.1 Å². The van der Waals surface area contributed by atoms with Crippen LogP contribution in [0.5, 0.6) is 0 Å². The summed E-state index contributed by atoms with van der Waals surface area (Å²) in [6, 6.07) is 13.2. The van der Waals surface area contributed by atoms with Gasteiger partial charge in [0.05, 0.1) is 0 Å². The summed E-state index contributed by atoms with van der Waals surface area (Å²) in [5, 5.41) is 14.6. The van der Waals surface area contributed by atoms with Crippen LogP contribution in [0, 0.1) is 0 Å². The molecule has 0 amide bonds. The van der Waals surface area contributed by atoms with Crippen LogP contribution in [-0.4, -0.2) is 16.6 Å². The zero-order chi connectivity index (χ0) is 19.2. The lowest BCUT2D eigenvalue weighted by molar-refractivity contribution is -0.143. The molecule has 2 N–H and O–H groups in total. The van der Waals surface area contributed by atoms with Gasteiger partial charge < -0.3 is 10.4 Å². The lowest BCUT2D eigenvalue weighted by Crippen LogP contribution is -2.52. The maximum atomic E-state index is 12.2. The molecule has 27 heavy (non-hydrogen) atoms. The van der Waals surface area contributed by atoms with Crippen molar-refractivity contribution in [2.75, 3.05) is 5.32 Å². The number of carbonyl (C=O) groups is 1. The highest BCUT2D eigenvalue weighted by Gasteiger charge is 2.51. The van der Waals surface area contributed by atoms with Crippen molar-refractivity contribution in [3.05, 3.63) is 68.1 Å². The van der Waals surface area contributed by atoms with Gasteiger partial charge in [0.15, 0.2) is 0 Å². The molecule has 2 aliphatic rings. The van der Waals surface area contributed by atoms with Crippen LogP contribution in [0.15, 0.2) is 46.9 Å². The minimum atomic E-state index is -1.00. The van der Waals surface area contributed by atoms with E-state index in [2.05, 4.69) is 33.4 Å². The topological polar surface area (TPSA) is 49.3 Å². The number of anilines is 1. The summed E-state index contributed by atoms with van der Waals surface area (Å²) in [5.74, 6) is -0.827. The van der Waals surface area contributed by atoms with Crippen molar-refractivity contribution in [1.82, 2.24) is 0 Å². The molecule has 2 aromatic carbocycles. The predicted molar refractivity (Wildman–Crippen MR) is 114 cm³/mol. The lowest BCUT2D eigenvalue weighted by Gasteiger charge is -2.44. The Balaban J connectivity index is 1.63. The SMILES string of the molecule is O=C(O)C1(Nc2cccc(Cl)c2)CCC2(CC1)C(Br)=Cc1cc(Cl)ccc12. The monoisotopic (exact) mass is 465 g/mol. The zero-order valence-corrected chi connectivity index (χ0v) is 17.5. The van der Waals surface area contributed by atoms with Crippen LogP contribution in [-0.2, 0) is 10.2 Å². The normalized spacial score (nSPS) is 26.6. The first-order valence-corrected chi connectivity index (χ1v) is 10.3. The van der Waals surface area contributed by atoms with E-state index in [9.17, 15) is 9.90 Å². The summed E-state index contributed by atoms with van der Waals surface area (Å²) in [4.78, 5) is 12.2. The van der Waals surface area contributed by atoms with Crippen molar-refractivity contribution >= 4 is 56.9 Å². The zero-order valence-electron chi connectivity index (χ0n) is 14.4. The predicted octanol–water partition coefficient (Wildman–Crippen LogP) is 6.49. The molecule has 6 heteroatoms. The fourth-order valence-corrected chi connectivity index (χ4v) is 5.57. The number of carboxylic acids is 1. The molecule has 2 aliphatic carbocycles. The number of nitrogens with one attached hydrogen (secondary N) is 1. The molecule has 0 bridgehead atoms. The number of hydrogen-bond donors (Lipinski definition) is 2. The van der Waals surface area contributed by atoms with Gasteiger partial charge in [-0.2, -0.15) is 0 Å². The second kappa shape index (κ2) is 6.84. The van der Waals surface area contributed by atoms with Gasteiger partial charge in [0.2, 0.25) is 0 Å². The molecule has 0 aromatic heterocycles. The average Bonchev–Trinajstić information content (AvgIpc) is 2.88. The van der Waals surface area contributed by atoms with Crippen LogP contribution in [0.4, 0.5) is 5.69 Å². The lowest BCUT2D eigenvalue weighted by atomic mass is 9.65. The van der Waals surface area contributed by atoms with Gasteiger partial charge in [-0.05, 0) is 73.2 Å². The second-order valence-corrected chi connectivity index (χ2v) is 9.06. The molecule has 0 heterocycles. The fraction of sp³-hybridized carbons (Fsp3) is 0.286. The van der Waals surface area contributed by atoms with Crippen LogP contribution in [0.25, 0.3) is 6.08 Å². The second-order valence-electron chi connectivity index (χ2n) is 7.33. The molecule has 1 fully saturated rings. The summed E-state index contributed by atoms with van der Waals surface area (Å²) in [7, 11) is 0. The first-order valence-electron chi connectivity index (χ1n) is 8.80. The van der Waals surface area contributed by atoms with Crippen LogP contribution in [0.3, 0.4) is 0 Å². The van der Waals surface area contributed by atoms with Crippen LogP contribution in [0.2, 0.25) is 10.0 Å². The summed E-state index contributed by atoms with van der Waals surface area (Å²) < 4.78 is 1.11. The van der Waals surface area contributed by atoms with Gasteiger partial charge in [-0.1, -0.05) is 51.3 Å². The fourth-order valence-electron chi connectivity index (χ4n) is 4.34. The maximum absolute atomic E-state index is 12.2. The molecule has 0 radical (unpaired) electrons. The molecule has 1 spiro atoms. The molecule has 0 saturated heterocycles. The van der Waals surface area contributed by atoms with E-state index >= 15 is 0 Å². The highest BCUT2D eigenvalue weighted by molar-refractivity contribution is 9.11. The van der Waals surface area contributed by atoms with Crippen LogP contribution in [0.1, 0.15) is 36.8 Å². The van der Waals surface area contributed by atoms with E-state index in [0.29, 0.717) is 22.9 Å². The van der Waals surface area contributed by atoms with Crippen molar-refractivity contribution in [3.63, 3.8) is 0 Å². The number of hydrogen-bond acceptors (Lipinski definition) is 2. The van der Waals surface area contributed by atoms with Gasteiger partial charge in [-0.15, -0.1) is 0 Å². The van der Waals surface area contributed by atoms with E-state index < -0.39 is 11.5 Å². The van der Waals surface area contributed by atoms with E-state index in [4.69, 9.17) is 23.2 Å². The van der Waals surface area contributed by atoms with Gasteiger partial charge in [-0.25, -0.2) is 4.79 Å². The Morgan fingerprint density at radius 1 is 1.04 bits per heavy atom. The summed E-state index contributed by atoms with van der Waals surface area (Å²) in [6.45, 7) is 0. The number of aliphatic carboxylic acids is 1. The third-order valence-electron chi connectivity index (χ3n) is 5.84. The molecule has 2 aromatic rings. The number of fused-ring (bicyclic) bond motifs is 2. The summed E-state index contributed by atoms with van der Waals surface area (Å²) >= 11 is 16.0. The third-order valence-corrected chi connectivity index (χ3v) is 7.30. The number of halogens is 3. The third kappa shape index (κ3) is 3.18. The van der Waals surface area contributed by atoms with Crippen LogP contribution >= 0.6 is 39.1 Å². The van der Waals surface area contributed by atoms with Gasteiger partial charge in [0.1, 0.15) is 5.54 Å². The van der Waals surface area contributed by atoms with E-state index in [1.165, 1.54) is 5.56 Å². The molecule has 0 unspecified atom stereocenters. The van der Waals surface area contributed by atoms with Crippen molar-refractivity contribution < 1.29 is 9.90 Å². The summed E-state index contributed by atoms with van der Waals surface area (Å²) in [5.41, 5.74) is 1.89. The maximum Gasteiger partial charge on any atom is 0.329 e. The Morgan fingerprint density at radius 2 is 1.74 bits per heavy atom. The number of rotatable bonds is 3. The largest absolute Gasteiger partial charge is 0.480 e. The average molecular weight is 467 g/mol. The quantitative estimate of drug-likeness (QED) is 0.543. The van der Waals surface area contributed by atoms with E-state index in [0.717, 1.165) is 28.6 Å². The Labute approximate surface area is 176 Å². The Kier molecular flexibility index (Phi) is 4.77. The number of carboxylic acid groups (broad SMARTS) is 1. The molecule has 4 rings (SSSR count). The minimum Gasteiger partial charge on any atom is -0.480 e. The van der Waals surface area contributed by atoms with Crippen molar-refractivity contribution in [2.45, 2.75) is 36.6 Å². The first kappa shape index (κ1) is 18.9. The Bertz CT molecular complexity index is 949. The van der Waals surface area contributed by atoms with Gasteiger partial charge in [-0.3, -0.25) is 0 Å². The van der Waals surface area contributed by atoms with Crippen LogP contribution < -0.4 is 5.32 Å². The van der Waals surface area contributed by atoms with Gasteiger partial charge in [0, 0.05) is 25.6 Å². The standard InChI is InChI=1S/C21H18BrCl2NO2/c22-18-11-13-10-15(24)4-5-17(13)20(18)6-8-21(9-7-20,19(26)27)25-16-3-1-2-14(23)12-16/h1-5,10-12,25H,6-9H2,(H,26,27). The van der Waals surface area contributed by atoms with Crippen molar-refractivity contribution in [2.24, 2.45) is 0 Å². The Morgan fingerprint density at radius 3 is 2.41 bits per heavy atom. The van der Waals surface area contributed by atoms with E-state index in [1.807, 2.05) is 24.3 Å². The molecule has 0 aliphatic heterocycles. The van der Waals surface area contributed by atoms with E-state index in [-0.39, 0.29) is 5.41 Å². The molecule has 1 saturated carbocycles. The molecule has 0 atom stereocenters. The minimum absolute atomic E-state index is 0.172. The van der Waals surface area contributed by atoms with Crippen molar-refractivity contribution in [3.8, 4) is 0 Å². The van der Waals surface area contributed by atoms with Gasteiger partial charge in [0.25, 0.3) is 0 Å². The molecular formula is C21H18BrCl2NO2. The first-order chi connectivity index (χ1) is 12.8. The molecular weight excluding hydrogens is 449 g/mol. The van der Waals surface area contributed by atoms with Gasteiger partial charge >= 0.3 is 5.97 Å². The highest BCUT2D eigenvalue weighted by Crippen LogP contribution is 2.55. The molecule has 140 valence electrons. The van der Waals surface area contributed by atoms with Crippen molar-refractivity contribution in [1.29, 1.82) is 0 Å². The molecule has 3 nitrogen and oxygen atoms in total. The number of allylic oxidation sites excluding steroid dienone is 1. The summed E-state index contributed by atoms with van der Waals surface area (Å²) in [6.07, 6.45) is 4.61. The highest BCUT2D eigenvalue weighted by atomic mass is 79.9. The Hall–Kier alpha value is -1.49. The number of benzene rings is 2.